The van der Waals surface area contributed by atoms with Crippen LogP contribution in [0.5, 0.6) is 0 Å². The zero-order chi connectivity index (χ0) is 41.2. The van der Waals surface area contributed by atoms with Gasteiger partial charge in [0.2, 0.25) is 21.0 Å². The molecule has 0 aromatic carbocycles. The largest absolute Gasteiger partial charge is 0.444 e. The monoisotopic (exact) mass is 826 g/mol. The van der Waals surface area contributed by atoms with E-state index in [-0.39, 0.29) is 93.1 Å². The Morgan fingerprint density at radius 2 is 1.47 bits per heavy atom. The summed E-state index contributed by atoms with van der Waals surface area (Å²) >= 11 is 0. The van der Waals surface area contributed by atoms with Gasteiger partial charge in [-0.05, 0) is 71.9 Å². The summed E-state index contributed by atoms with van der Waals surface area (Å²) in [7, 11) is -7.03. The third kappa shape index (κ3) is 21.3. The number of hydrogen-bond donors (Lipinski definition) is 4. The van der Waals surface area contributed by atoms with Crippen LogP contribution in [-0.2, 0) is 46.6 Å². The number of carbonyl (C=O) groups is 3. The standard InChI is InChI=1S/C38H72N2O13P2/c1-11-31(41)16-17-32(22-40-37(42)12-2)52-38(43)39-18-14-13-15-30(24-47-55(10,45)53-35-21-29(8)50-33(35)19-26(3)4)23-46-54(9,44)48-25-36-34(49-27(5)6)20-28(7)51-36/h26-30,32-36,44-45H,9-25H2,1-8H3,(H,39,43)(H,40,42). The normalized spacial score (nSPS) is 26.0. The molecule has 0 bridgehead atoms. The first-order valence-electron chi connectivity index (χ1n) is 20.0. The third-order valence-electron chi connectivity index (χ3n) is 9.26. The first-order chi connectivity index (χ1) is 25.8. The highest BCUT2D eigenvalue weighted by Gasteiger charge is 2.38. The van der Waals surface area contributed by atoms with Gasteiger partial charge in [0.25, 0.3) is 0 Å². The van der Waals surface area contributed by atoms with Crippen LogP contribution in [0, 0.1) is 11.8 Å². The highest BCUT2D eigenvalue weighted by molar-refractivity contribution is 7.58. The lowest BCUT2D eigenvalue weighted by molar-refractivity contribution is -0.121. The molecule has 0 aromatic heterocycles. The number of amides is 2. The number of ketones is 1. The number of carbonyl (C=O) groups excluding carboxylic acids is 3. The SMILES string of the molecule is C=P(O)(OCC(CCCCNC(=O)OC(CCC(=O)CC)CNC(=O)CC)COP(=C)(O)OC1CC(C)OC1CC(C)C)OCC1OC(C)CC1OC(C)C. The number of rotatable bonds is 28. The molecular weight excluding hydrogens is 754 g/mol. The van der Waals surface area contributed by atoms with Gasteiger partial charge in [-0.15, -0.1) is 0 Å². The predicted octanol–water partition coefficient (Wildman–Crippen LogP) is 6.16. The van der Waals surface area contributed by atoms with Crippen LogP contribution in [-0.4, -0.2) is 122 Å². The van der Waals surface area contributed by atoms with Gasteiger partial charge in [-0.3, -0.25) is 9.59 Å². The zero-order valence-corrected chi connectivity index (χ0v) is 36.4. The van der Waals surface area contributed by atoms with Crippen LogP contribution < -0.4 is 10.6 Å². The predicted molar refractivity (Wildman–Crippen MR) is 216 cm³/mol. The van der Waals surface area contributed by atoms with E-state index in [0.29, 0.717) is 63.8 Å². The summed E-state index contributed by atoms with van der Waals surface area (Å²) in [6, 6.07) is 0. The second kappa shape index (κ2) is 25.2. The molecule has 4 N–H and O–H groups in total. The molecule has 55 heavy (non-hydrogen) atoms. The van der Waals surface area contributed by atoms with E-state index < -0.39 is 27.3 Å². The Balaban J connectivity index is 1.97. The fourth-order valence-electron chi connectivity index (χ4n) is 6.39. The van der Waals surface area contributed by atoms with Gasteiger partial charge in [0, 0.05) is 44.6 Å². The van der Waals surface area contributed by atoms with Crippen molar-refractivity contribution < 1.29 is 61.2 Å². The average Bonchev–Trinajstić information content (AvgIpc) is 3.62. The van der Waals surface area contributed by atoms with Gasteiger partial charge >= 0.3 is 6.09 Å². The summed E-state index contributed by atoms with van der Waals surface area (Å²) in [5.41, 5.74) is 0. The lowest BCUT2D eigenvalue weighted by Gasteiger charge is -2.28. The smallest absolute Gasteiger partial charge is 0.407 e. The van der Waals surface area contributed by atoms with E-state index in [1.54, 1.807) is 13.8 Å². The zero-order valence-electron chi connectivity index (χ0n) is 34.6. The molecule has 0 radical (unpaired) electrons. The minimum atomic E-state index is -3.53. The van der Waals surface area contributed by atoms with Gasteiger partial charge < -0.3 is 57.5 Å². The van der Waals surface area contributed by atoms with Crippen LogP contribution in [0.25, 0.3) is 0 Å². The molecule has 10 unspecified atom stereocenters. The maximum Gasteiger partial charge on any atom is 0.407 e. The van der Waals surface area contributed by atoms with Crippen LogP contribution in [0.3, 0.4) is 0 Å². The van der Waals surface area contributed by atoms with Crippen LogP contribution >= 0.6 is 15.1 Å². The molecule has 2 aliphatic heterocycles. The number of ether oxygens (including phenoxy) is 4. The molecular formula is C38H72N2O13P2. The Hall–Kier alpha value is -1.35. The quantitative estimate of drug-likeness (QED) is 0.0519. The Labute approximate surface area is 330 Å². The molecule has 2 heterocycles. The minimum Gasteiger partial charge on any atom is -0.444 e. The van der Waals surface area contributed by atoms with E-state index in [4.69, 9.17) is 37.0 Å². The highest BCUT2D eigenvalue weighted by atomic mass is 31.2. The van der Waals surface area contributed by atoms with Crippen LogP contribution in [0.2, 0.25) is 0 Å². The molecule has 322 valence electrons. The summed E-state index contributed by atoms with van der Waals surface area (Å²) in [6.07, 6.45) is 10.4. The van der Waals surface area contributed by atoms with Gasteiger partial charge in [-0.25, -0.2) is 4.79 Å². The molecule has 2 aliphatic rings. The number of Topliss-reactive ketones (excluding diaryl/α,β-unsaturated/α-hetero) is 1. The fourth-order valence-corrected chi connectivity index (χ4v) is 8.43. The van der Waals surface area contributed by atoms with Crippen molar-refractivity contribution in [3.05, 3.63) is 0 Å². The van der Waals surface area contributed by atoms with Gasteiger partial charge in [0.1, 0.15) is 18.0 Å². The Morgan fingerprint density at radius 3 is 2.09 bits per heavy atom. The maximum atomic E-state index is 12.6. The first-order valence-corrected chi connectivity index (χ1v) is 23.6. The van der Waals surface area contributed by atoms with Crippen LogP contribution in [0.1, 0.15) is 120 Å². The number of hydrogen-bond acceptors (Lipinski definition) is 13. The summed E-state index contributed by atoms with van der Waals surface area (Å²) in [5, 5.41) is 5.46. The summed E-state index contributed by atoms with van der Waals surface area (Å²) in [5.74, 6) is -0.0642. The van der Waals surface area contributed by atoms with Crippen molar-refractivity contribution in [3.63, 3.8) is 0 Å². The molecule has 15 nitrogen and oxygen atoms in total. The topological polar surface area (TPSA) is 190 Å². The molecule has 10 atom stereocenters. The number of unbranched alkanes of at least 4 members (excludes halogenated alkanes) is 1. The van der Waals surface area contributed by atoms with E-state index in [1.165, 1.54) is 0 Å². The molecule has 2 amide bonds. The van der Waals surface area contributed by atoms with Gasteiger partial charge in [-0.1, -0.05) is 34.1 Å². The van der Waals surface area contributed by atoms with E-state index in [1.807, 2.05) is 27.7 Å². The first kappa shape index (κ1) is 49.8. The third-order valence-corrected chi connectivity index (χ3v) is 11.5. The average molecular weight is 827 g/mol. The number of alkyl carbamates (subject to hydrolysis) is 1. The summed E-state index contributed by atoms with van der Waals surface area (Å²) < 4.78 is 47.1. The van der Waals surface area contributed by atoms with Gasteiger partial charge in [0.15, 0.2) is 0 Å². The van der Waals surface area contributed by atoms with Crippen molar-refractivity contribution in [1.29, 1.82) is 0 Å². The second-order valence-corrected chi connectivity index (χ2v) is 19.0. The Bertz CT molecular complexity index is 1230. The van der Waals surface area contributed by atoms with Crippen LogP contribution in [0.15, 0.2) is 0 Å². The molecule has 0 aromatic rings. The molecule has 2 rings (SSSR count). The van der Waals surface area contributed by atoms with Crippen molar-refractivity contribution in [3.8, 4) is 0 Å². The summed E-state index contributed by atoms with van der Waals surface area (Å²) in [6.45, 7) is 16.1. The molecule has 0 spiro atoms. The highest BCUT2D eigenvalue weighted by Crippen LogP contribution is 2.49. The van der Waals surface area contributed by atoms with Crippen molar-refractivity contribution in [2.75, 3.05) is 32.9 Å². The van der Waals surface area contributed by atoms with E-state index in [9.17, 15) is 24.2 Å². The van der Waals surface area contributed by atoms with Gasteiger partial charge in [0.05, 0.1) is 63.0 Å². The van der Waals surface area contributed by atoms with Crippen molar-refractivity contribution in [1.82, 2.24) is 10.6 Å². The lowest BCUT2D eigenvalue weighted by Crippen LogP contribution is -2.37. The van der Waals surface area contributed by atoms with E-state index in [0.717, 1.165) is 6.42 Å². The number of nitrogens with one attached hydrogen (secondary N) is 2. The van der Waals surface area contributed by atoms with E-state index >= 15 is 0 Å². The Kier molecular flexibility index (Phi) is 22.8. The molecule has 17 heteroatoms. The summed E-state index contributed by atoms with van der Waals surface area (Å²) in [4.78, 5) is 58.4. The minimum absolute atomic E-state index is 0.00892. The van der Waals surface area contributed by atoms with Gasteiger partial charge in [-0.2, -0.15) is 0 Å². The molecule has 2 fully saturated rings. The fraction of sp³-hybridized carbons (Fsp3) is 0.868. The van der Waals surface area contributed by atoms with Crippen molar-refractivity contribution in [2.45, 2.75) is 168 Å². The lowest BCUT2D eigenvalue weighted by atomic mass is 10.0. The van der Waals surface area contributed by atoms with Crippen LogP contribution in [0.4, 0.5) is 4.79 Å². The molecule has 0 saturated carbocycles. The second-order valence-electron chi connectivity index (χ2n) is 15.5. The Morgan fingerprint density at radius 1 is 0.836 bits per heavy atom. The van der Waals surface area contributed by atoms with E-state index in [2.05, 4.69) is 37.1 Å². The van der Waals surface area contributed by atoms with Crippen molar-refractivity contribution in [2.24, 2.45) is 11.8 Å². The van der Waals surface area contributed by atoms with Crippen molar-refractivity contribution >= 4 is 45.5 Å². The maximum absolute atomic E-state index is 12.6. The molecule has 0 aliphatic carbocycles. The molecule has 2 saturated heterocycles.